The fraction of sp³-hybridized carbons (Fsp3) is 0.667. The number of nitrogens with zero attached hydrogens (tertiary/aromatic N) is 2. The van der Waals surface area contributed by atoms with Crippen molar-refractivity contribution in [2.24, 2.45) is 0 Å². The average molecular weight is 158 g/mol. The van der Waals surface area contributed by atoms with Crippen molar-refractivity contribution >= 4 is 12.6 Å². The van der Waals surface area contributed by atoms with E-state index in [0.29, 0.717) is 5.03 Å². The molecule has 0 aliphatic rings. The molecule has 0 atom stereocenters. The van der Waals surface area contributed by atoms with Crippen molar-refractivity contribution < 1.29 is 4.52 Å². The second-order valence-electron chi connectivity index (χ2n) is 3.18. The van der Waals surface area contributed by atoms with Gasteiger partial charge in [0.25, 0.3) is 0 Å². The van der Waals surface area contributed by atoms with Crippen LogP contribution in [0.25, 0.3) is 0 Å². The summed E-state index contributed by atoms with van der Waals surface area (Å²) in [6.07, 6.45) is 0. The molecule has 0 N–H and O–H groups in total. The highest BCUT2D eigenvalue weighted by molar-refractivity contribution is 7.80. The van der Waals surface area contributed by atoms with E-state index in [1.807, 2.05) is 20.8 Å². The molecule has 1 rings (SSSR count). The van der Waals surface area contributed by atoms with Crippen LogP contribution in [0.15, 0.2) is 9.55 Å². The van der Waals surface area contributed by atoms with E-state index in [0.717, 1.165) is 5.76 Å². The Hall–Kier alpha value is -0.510. The summed E-state index contributed by atoms with van der Waals surface area (Å²) in [5.74, 6) is 0.732. The van der Waals surface area contributed by atoms with Crippen molar-refractivity contribution in [1.82, 2.24) is 10.4 Å². The summed E-state index contributed by atoms with van der Waals surface area (Å²) in [6, 6.07) is 0. The molecule has 1 aromatic rings. The van der Waals surface area contributed by atoms with Gasteiger partial charge in [-0.2, -0.15) is 0 Å². The highest BCUT2D eigenvalue weighted by Gasteiger charge is 2.22. The molecule has 0 saturated heterocycles. The summed E-state index contributed by atoms with van der Waals surface area (Å²) in [4.78, 5) is 0. The second-order valence-corrected chi connectivity index (χ2v) is 3.60. The molecule has 1 heterocycles. The van der Waals surface area contributed by atoms with E-state index in [4.69, 9.17) is 4.52 Å². The van der Waals surface area contributed by atoms with Gasteiger partial charge < -0.3 is 4.52 Å². The molecule has 10 heavy (non-hydrogen) atoms. The molecule has 0 amide bonds. The standard InChI is InChI=1S/C6H10N2OS/c1-6(2,3)4-5(10)7-8-9-4/h10H,1-3H3. The van der Waals surface area contributed by atoms with Gasteiger partial charge in [0.05, 0.1) is 0 Å². The molecular weight excluding hydrogens is 148 g/mol. The predicted octanol–water partition coefficient (Wildman–Crippen LogP) is 1.66. The number of hydrogen-bond acceptors (Lipinski definition) is 4. The molecule has 0 fully saturated rings. The number of rotatable bonds is 0. The summed E-state index contributed by atoms with van der Waals surface area (Å²) >= 11 is 4.08. The molecule has 4 heteroatoms. The molecule has 56 valence electrons. The Morgan fingerprint density at radius 2 is 2.00 bits per heavy atom. The smallest absolute Gasteiger partial charge is 0.176 e. The maximum absolute atomic E-state index is 4.89. The van der Waals surface area contributed by atoms with Gasteiger partial charge in [-0.3, -0.25) is 0 Å². The Morgan fingerprint density at radius 3 is 2.20 bits per heavy atom. The molecule has 0 unspecified atom stereocenters. The van der Waals surface area contributed by atoms with Gasteiger partial charge in [0.15, 0.2) is 10.8 Å². The zero-order valence-electron chi connectivity index (χ0n) is 6.25. The minimum Gasteiger partial charge on any atom is -0.340 e. The van der Waals surface area contributed by atoms with Crippen molar-refractivity contribution in [3.63, 3.8) is 0 Å². The lowest BCUT2D eigenvalue weighted by Gasteiger charge is -2.12. The minimum atomic E-state index is -0.0550. The molecule has 0 aliphatic carbocycles. The van der Waals surface area contributed by atoms with Crippen LogP contribution in [0.4, 0.5) is 0 Å². The average Bonchev–Trinajstić information content (AvgIpc) is 2.11. The summed E-state index contributed by atoms with van der Waals surface area (Å²) in [5, 5.41) is 7.59. The first-order valence-corrected chi connectivity index (χ1v) is 3.48. The van der Waals surface area contributed by atoms with Gasteiger partial charge in [0.1, 0.15) is 0 Å². The second kappa shape index (κ2) is 2.27. The molecule has 3 nitrogen and oxygen atoms in total. The maximum Gasteiger partial charge on any atom is 0.176 e. The van der Waals surface area contributed by atoms with Crippen LogP contribution in [0.2, 0.25) is 0 Å². The SMILES string of the molecule is CC(C)(C)c1onnc1S. The van der Waals surface area contributed by atoms with Crippen LogP contribution in [0.5, 0.6) is 0 Å². The first kappa shape index (κ1) is 7.60. The van der Waals surface area contributed by atoms with E-state index in [-0.39, 0.29) is 5.41 Å². The van der Waals surface area contributed by atoms with Crippen molar-refractivity contribution in [2.75, 3.05) is 0 Å². The highest BCUT2D eigenvalue weighted by atomic mass is 32.1. The fourth-order valence-electron chi connectivity index (χ4n) is 0.658. The molecule has 0 aliphatic heterocycles. The quantitative estimate of drug-likeness (QED) is 0.583. The van der Waals surface area contributed by atoms with E-state index in [1.54, 1.807) is 0 Å². The Bertz CT molecular complexity index is 226. The zero-order chi connectivity index (χ0) is 7.78. The van der Waals surface area contributed by atoms with E-state index < -0.39 is 0 Å². The number of thiol groups is 1. The van der Waals surface area contributed by atoms with Crippen molar-refractivity contribution in [3.8, 4) is 0 Å². The van der Waals surface area contributed by atoms with Gasteiger partial charge in [0, 0.05) is 10.7 Å². The summed E-state index contributed by atoms with van der Waals surface area (Å²) in [5.41, 5.74) is -0.0550. The van der Waals surface area contributed by atoms with E-state index >= 15 is 0 Å². The summed E-state index contributed by atoms with van der Waals surface area (Å²) in [7, 11) is 0. The van der Waals surface area contributed by atoms with Crippen molar-refractivity contribution in [2.45, 2.75) is 31.2 Å². The van der Waals surface area contributed by atoms with E-state index in [9.17, 15) is 0 Å². The van der Waals surface area contributed by atoms with Gasteiger partial charge in [-0.05, 0) is 0 Å². The number of hydrogen-bond donors (Lipinski definition) is 1. The lowest BCUT2D eigenvalue weighted by Crippen LogP contribution is -2.10. The predicted molar refractivity (Wildman–Crippen MR) is 40.3 cm³/mol. The third-order valence-electron chi connectivity index (χ3n) is 1.15. The van der Waals surface area contributed by atoms with Crippen LogP contribution in [-0.4, -0.2) is 10.4 Å². The van der Waals surface area contributed by atoms with Gasteiger partial charge >= 0.3 is 0 Å². The normalized spacial score (nSPS) is 12.0. The van der Waals surface area contributed by atoms with Gasteiger partial charge in [-0.15, -0.1) is 17.7 Å². The Kier molecular flexibility index (Phi) is 1.72. The van der Waals surface area contributed by atoms with Crippen LogP contribution >= 0.6 is 12.6 Å². The fourth-order valence-corrected chi connectivity index (χ4v) is 1.07. The first-order valence-electron chi connectivity index (χ1n) is 3.03. The lowest BCUT2D eigenvalue weighted by molar-refractivity contribution is 0.314. The molecule has 0 spiro atoms. The van der Waals surface area contributed by atoms with Gasteiger partial charge in [-0.1, -0.05) is 20.8 Å². The molecule has 0 aromatic carbocycles. The van der Waals surface area contributed by atoms with Crippen LogP contribution < -0.4 is 0 Å². The first-order chi connectivity index (χ1) is 4.52. The van der Waals surface area contributed by atoms with Crippen LogP contribution in [0.1, 0.15) is 26.5 Å². The largest absolute Gasteiger partial charge is 0.340 e. The minimum absolute atomic E-state index is 0.0550. The Labute approximate surface area is 65.2 Å². The number of aromatic nitrogens is 2. The Balaban J connectivity index is 3.05. The molecule has 1 aromatic heterocycles. The lowest BCUT2D eigenvalue weighted by atomic mass is 9.94. The molecule has 0 bridgehead atoms. The third kappa shape index (κ3) is 1.31. The van der Waals surface area contributed by atoms with Gasteiger partial charge in [0.2, 0.25) is 0 Å². The van der Waals surface area contributed by atoms with Crippen LogP contribution in [-0.2, 0) is 5.41 Å². The molecule has 0 radical (unpaired) electrons. The van der Waals surface area contributed by atoms with Crippen LogP contribution in [0.3, 0.4) is 0 Å². The highest BCUT2D eigenvalue weighted by Crippen LogP contribution is 2.25. The third-order valence-corrected chi connectivity index (χ3v) is 1.44. The maximum atomic E-state index is 4.89. The topological polar surface area (TPSA) is 38.9 Å². The Morgan fingerprint density at radius 1 is 1.40 bits per heavy atom. The van der Waals surface area contributed by atoms with E-state index in [2.05, 4.69) is 23.0 Å². The van der Waals surface area contributed by atoms with E-state index in [1.165, 1.54) is 0 Å². The summed E-state index contributed by atoms with van der Waals surface area (Å²) < 4.78 is 4.89. The summed E-state index contributed by atoms with van der Waals surface area (Å²) in [6.45, 7) is 6.07. The van der Waals surface area contributed by atoms with Gasteiger partial charge in [-0.25, -0.2) is 0 Å². The zero-order valence-corrected chi connectivity index (χ0v) is 7.14. The van der Waals surface area contributed by atoms with Crippen LogP contribution in [0, 0.1) is 0 Å². The van der Waals surface area contributed by atoms with Crippen molar-refractivity contribution in [1.29, 1.82) is 0 Å². The molecular formula is C6H10N2OS. The monoisotopic (exact) mass is 158 g/mol. The van der Waals surface area contributed by atoms with Crippen molar-refractivity contribution in [3.05, 3.63) is 5.76 Å². The molecule has 0 saturated carbocycles.